The van der Waals surface area contributed by atoms with Gasteiger partial charge in [0.25, 0.3) is 0 Å². The Morgan fingerprint density at radius 2 is 2.00 bits per heavy atom. The molecule has 96 valence electrons. The van der Waals surface area contributed by atoms with E-state index in [4.69, 9.17) is 11.0 Å². The fourth-order valence-electron chi connectivity index (χ4n) is 1.42. The van der Waals surface area contributed by atoms with Crippen molar-refractivity contribution >= 4 is 5.70 Å². The molecule has 4 nitrogen and oxygen atoms in total. The van der Waals surface area contributed by atoms with Crippen LogP contribution in [0.4, 0.5) is 0 Å². The standard InChI is InChI=1S/C14H20N4/c1-10(8-15)13(16)11-6-7-12(17-9-11)14(2,3)18(4)5/h6-7,9H,16H2,1-5H3/b13-10+. The molecular weight excluding hydrogens is 224 g/mol. The molecule has 18 heavy (non-hydrogen) atoms. The molecule has 0 bridgehead atoms. The van der Waals surface area contributed by atoms with E-state index in [-0.39, 0.29) is 5.54 Å². The van der Waals surface area contributed by atoms with Crippen LogP contribution >= 0.6 is 0 Å². The van der Waals surface area contributed by atoms with Crippen LogP contribution in [0.3, 0.4) is 0 Å². The zero-order valence-electron chi connectivity index (χ0n) is 11.7. The summed E-state index contributed by atoms with van der Waals surface area (Å²) in [4.78, 5) is 6.55. The van der Waals surface area contributed by atoms with Crippen LogP contribution in [-0.2, 0) is 5.54 Å². The van der Waals surface area contributed by atoms with Crippen molar-refractivity contribution in [3.05, 3.63) is 35.2 Å². The molecule has 0 aliphatic heterocycles. The molecule has 1 aromatic rings. The molecule has 0 atom stereocenters. The Bertz CT molecular complexity index is 490. The van der Waals surface area contributed by atoms with Gasteiger partial charge in [-0.1, -0.05) is 0 Å². The van der Waals surface area contributed by atoms with Gasteiger partial charge < -0.3 is 5.73 Å². The summed E-state index contributed by atoms with van der Waals surface area (Å²) in [5, 5.41) is 8.81. The number of hydrogen-bond donors (Lipinski definition) is 1. The van der Waals surface area contributed by atoms with Gasteiger partial charge in [-0.2, -0.15) is 5.26 Å². The largest absolute Gasteiger partial charge is 0.397 e. The molecule has 0 fully saturated rings. The average Bonchev–Trinajstić information content (AvgIpc) is 2.36. The molecule has 1 aromatic heterocycles. The van der Waals surface area contributed by atoms with Gasteiger partial charge >= 0.3 is 0 Å². The minimum Gasteiger partial charge on any atom is -0.397 e. The smallest absolute Gasteiger partial charge is 0.0965 e. The van der Waals surface area contributed by atoms with E-state index in [9.17, 15) is 0 Å². The van der Waals surface area contributed by atoms with E-state index >= 15 is 0 Å². The number of pyridine rings is 1. The Labute approximate surface area is 109 Å². The molecule has 0 amide bonds. The van der Waals surface area contributed by atoms with Crippen molar-refractivity contribution in [2.45, 2.75) is 26.3 Å². The summed E-state index contributed by atoms with van der Waals surface area (Å²) in [6.07, 6.45) is 1.72. The SMILES string of the molecule is C/C(C#N)=C(\N)c1ccc(C(C)(C)N(C)C)nc1. The topological polar surface area (TPSA) is 65.9 Å². The maximum atomic E-state index is 8.81. The second kappa shape index (κ2) is 5.19. The van der Waals surface area contributed by atoms with Crippen LogP contribution in [0.25, 0.3) is 5.70 Å². The second-order valence-corrected chi connectivity index (χ2v) is 5.04. The van der Waals surface area contributed by atoms with Crippen LogP contribution in [0.5, 0.6) is 0 Å². The minimum absolute atomic E-state index is 0.138. The van der Waals surface area contributed by atoms with Crippen molar-refractivity contribution in [1.82, 2.24) is 9.88 Å². The van der Waals surface area contributed by atoms with E-state index in [1.165, 1.54) is 0 Å². The van der Waals surface area contributed by atoms with Crippen molar-refractivity contribution in [2.75, 3.05) is 14.1 Å². The van der Waals surface area contributed by atoms with Crippen molar-refractivity contribution in [3.8, 4) is 6.07 Å². The summed E-state index contributed by atoms with van der Waals surface area (Å²) in [7, 11) is 4.04. The fraction of sp³-hybridized carbons (Fsp3) is 0.429. The number of hydrogen-bond acceptors (Lipinski definition) is 4. The zero-order valence-corrected chi connectivity index (χ0v) is 11.7. The predicted octanol–water partition coefficient (Wildman–Crippen LogP) is 2.09. The van der Waals surface area contributed by atoms with E-state index in [1.807, 2.05) is 32.3 Å². The molecule has 0 saturated carbocycles. The first kappa shape index (κ1) is 14.2. The first-order chi connectivity index (χ1) is 8.30. The minimum atomic E-state index is -0.138. The molecule has 0 spiro atoms. The highest BCUT2D eigenvalue weighted by atomic mass is 15.1. The number of nitrogens with zero attached hydrogens (tertiary/aromatic N) is 3. The van der Waals surface area contributed by atoms with E-state index in [0.717, 1.165) is 11.3 Å². The maximum absolute atomic E-state index is 8.81. The third-order valence-electron chi connectivity index (χ3n) is 3.39. The summed E-state index contributed by atoms with van der Waals surface area (Å²) in [5.41, 5.74) is 8.49. The molecule has 1 rings (SSSR count). The fourth-order valence-corrected chi connectivity index (χ4v) is 1.42. The highest BCUT2D eigenvalue weighted by Gasteiger charge is 2.24. The third-order valence-corrected chi connectivity index (χ3v) is 3.39. The normalized spacial score (nSPS) is 13.2. The molecule has 4 heteroatoms. The lowest BCUT2D eigenvalue weighted by Gasteiger charge is -2.31. The lowest BCUT2D eigenvalue weighted by Crippen LogP contribution is -2.36. The second-order valence-electron chi connectivity index (χ2n) is 5.04. The molecule has 2 N–H and O–H groups in total. The summed E-state index contributed by atoms with van der Waals surface area (Å²) in [6.45, 7) is 5.91. The molecule has 0 unspecified atom stereocenters. The molecule has 0 aromatic carbocycles. The van der Waals surface area contributed by atoms with Gasteiger partial charge in [-0.15, -0.1) is 0 Å². The van der Waals surface area contributed by atoms with Gasteiger partial charge in [0.2, 0.25) is 0 Å². The first-order valence-electron chi connectivity index (χ1n) is 5.81. The Morgan fingerprint density at radius 1 is 1.39 bits per heavy atom. The highest BCUT2D eigenvalue weighted by Crippen LogP contribution is 2.24. The van der Waals surface area contributed by atoms with Gasteiger partial charge in [-0.25, -0.2) is 0 Å². The van der Waals surface area contributed by atoms with E-state index in [0.29, 0.717) is 11.3 Å². The quantitative estimate of drug-likeness (QED) is 0.827. The van der Waals surface area contributed by atoms with Crippen molar-refractivity contribution in [3.63, 3.8) is 0 Å². The number of nitrogens with two attached hydrogens (primary N) is 1. The summed E-state index contributed by atoms with van der Waals surface area (Å²) in [5.74, 6) is 0. The molecule has 0 radical (unpaired) electrons. The van der Waals surface area contributed by atoms with Crippen LogP contribution in [0.1, 0.15) is 32.0 Å². The van der Waals surface area contributed by atoms with Gasteiger partial charge in [0.15, 0.2) is 0 Å². The van der Waals surface area contributed by atoms with Gasteiger partial charge in [-0.3, -0.25) is 9.88 Å². The van der Waals surface area contributed by atoms with Crippen molar-refractivity contribution in [1.29, 1.82) is 5.26 Å². The number of allylic oxidation sites excluding steroid dienone is 1. The van der Waals surface area contributed by atoms with Crippen LogP contribution in [0.15, 0.2) is 23.9 Å². The van der Waals surface area contributed by atoms with Gasteiger partial charge in [0.1, 0.15) is 0 Å². The lowest BCUT2D eigenvalue weighted by atomic mass is 9.97. The predicted molar refractivity (Wildman–Crippen MR) is 73.3 cm³/mol. The molecule has 0 saturated heterocycles. The van der Waals surface area contributed by atoms with Crippen LogP contribution in [0, 0.1) is 11.3 Å². The van der Waals surface area contributed by atoms with Crippen LogP contribution in [-0.4, -0.2) is 24.0 Å². The Morgan fingerprint density at radius 3 is 2.39 bits per heavy atom. The molecule has 1 heterocycles. The van der Waals surface area contributed by atoms with Crippen molar-refractivity contribution < 1.29 is 0 Å². The Balaban J connectivity index is 3.13. The lowest BCUT2D eigenvalue weighted by molar-refractivity contribution is 0.192. The first-order valence-corrected chi connectivity index (χ1v) is 5.81. The summed E-state index contributed by atoms with van der Waals surface area (Å²) in [6, 6.07) is 5.90. The zero-order chi connectivity index (χ0) is 13.9. The summed E-state index contributed by atoms with van der Waals surface area (Å²) < 4.78 is 0. The number of aromatic nitrogens is 1. The van der Waals surface area contributed by atoms with Crippen molar-refractivity contribution in [2.24, 2.45) is 5.73 Å². The van der Waals surface area contributed by atoms with Gasteiger partial charge in [0.05, 0.1) is 23.0 Å². The van der Waals surface area contributed by atoms with E-state index in [1.54, 1.807) is 13.1 Å². The molecule has 0 aliphatic rings. The molecular formula is C14H20N4. The Hall–Kier alpha value is -1.86. The number of rotatable bonds is 3. The van der Waals surface area contributed by atoms with E-state index in [2.05, 4.69) is 23.7 Å². The van der Waals surface area contributed by atoms with E-state index < -0.39 is 0 Å². The maximum Gasteiger partial charge on any atom is 0.0965 e. The number of nitriles is 1. The van der Waals surface area contributed by atoms with Crippen LogP contribution < -0.4 is 5.73 Å². The van der Waals surface area contributed by atoms with Gasteiger partial charge in [-0.05, 0) is 47.0 Å². The molecule has 0 aliphatic carbocycles. The van der Waals surface area contributed by atoms with Gasteiger partial charge in [0, 0.05) is 17.3 Å². The monoisotopic (exact) mass is 244 g/mol. The Kier molecular flexibility index (Phi) is 4.10. The third kappa shape index (κ3) is 2.69. The summed E-state index contributed by atoms with van der Waals surface area (Å²) >= 11 is 0. The highest BCUT2D eigenvalue weighted by molar-refractivity contribution is 5.67. The average molecular weight is 244 g/mol. The van der Waals surface area contributed by atoms with Crippen LogP contribution in [0.2, 0.25) is 0 Å².